The average molecular weight is 368 g/mol. The van der Waals surface area contributed by atoms with Crippen LogP contribution in [0.2, 0.25) is 0 Å². The standard InChI is InChI=1S/C18H19F3N2O3/c1-12(15-5-3-4-6-16(15)25-2)23-17(24)11-22-13-7-9-14(10-8-13)26-18(19,20)21/h3-10,12,22H,11H2,1-2H3,(H,23,24). The monoisotopic (exact) mass is 368 g/mol. The Balaban J connectivity index is 1.86. The van der Waals surface area contributed by atoms with Crippen molar-refractivity contribution in [1.82, 2.24) is 5.32 Å². The molecule has 8 heteroatoms. The number of alkyl halides is 3. The minimum Gasteiger partial charge on any atom is -0.496 e. The number of hydrogen-bond acceptors (Lipinski definition) is 4. The number of nitrogens with one attached hydrogen (secondary N) is 2. The molecule has 2 aromatic rings. The SMILES string of the molecule is COc1ccccc1C(C)NC(=O)CNc1ccc(OC(F)(F)F)cc1. The molecule has 2 N–H and O–H groups in total. The highest BCUT2D eigenvalue weighted by atomic mass is 19.4. The van der Waals surface area contributed by atoms with Crippen molar-refractivity contribution in [3.05, 3.63) is 54.1 Å². The molecule has 1 amide bonds. The van der Waals surface area contributed by atoms with E-state index in [-0.39, 0.29) is 24.2 Å². The Morgan fingerprint density at radius 3 is 2.38 bits per heavy atom. The topological polar surface area (TPSA) is 59.6 Å². The molecular weight excluding hydrogens is 349 g/mol. The fraction of sp³-hybridized carbons (Fsp3) is 0.278. The Kier molecular flexibility index (Phi) is 6.32. The Hall–Kier alpha value is -2.90. The number of benzene rings is 2. The second kappa shape index (κ2) is 8.46. The summed E-state index contributed by atoms with van der Waals surface area (Å²) in [6.45, 7) is 1.80. The summed E-state index contributed by atoms with van der Waals surface area (Å²) >= 11 is 0. The van der Waals surface area contributed by atoms with Crippen LogP contribution in [-0.2, 0) is 4.79 Å². The molecule has 0 aromatic heterocycles. The number of para-hydroxylation sites is 1. The molecule has 1 atom stereocenters. The molecule has 2 rings (SSSR count). The molecule has 0 aliphatic heterocycles. The normalized spacial score (nSPS) is 12.2. The van der Waals surface area contributed by atoms with Crippen molar-refractivity contribution in [3.8, 4) is 11.5 Å². The zero-order valence-corrected chi connectivity index (χ0v) is 14.3. The maximum absolute atomic E-state index is 12.1. The first-order valence-electron chi connectivity index (χ1n) is 7.80. The number of anilines is 1. The summed E-state index contributed by atoms with van der Waals surface area (Å²) in [7, 11) is 1.56. The summed E-state index contributed by atoms with van der Waals surface area (Å²) in [6.07, 6.45) is -4.73. The van der Waals surface area contributed by atoms with Gasteiger partial charge in [0.05, 0.1) is 19.7 Å². The van der Waals surface area contributed by atoms with Gasteiger partial charge < -0.3 is 20.1 Å². The molecule has 140 valence electrons. The number of carbonyl (C=O) groups excluding carboxylic acids is 1. The van der Waals surface area contributed by atoms with Gasteiger partial charge in [-0.05, 0) is 37.3 Å². The molecule has 1 unspecified atom stereocenters. The van der Waals surface area contributed by atoms with Crippen LogP contribution in [0, 0.1) is 0 Å². The van der Waals surface area contributed by atoms with E-state index in [1.807, 2.05) is 25.1 Å². The van der Waals surface area contributed by atoms with Crippen LogP contribution in [0.1, 0.15) is 18.5 Å². The number of halogens is 3. The second-order valence-electron chi connectivity index (χ2n) is 5.46. The van der Waals surface area contributed by atoms with Crippen LogP contribution in [0.15, 0.2) is 48.5 Å². The van der Waals surface area contributed by atoms with E-state index in [2.05, 4.69) is 15.4 Å². The lowest BCUT2D eigenvalue weighted by atomic mass is 10.1. The van der Waals surface area contributed by atoms with E-state index < -0.39 is 6.36 Å². The van der Waals surface area contributed by atoms with Crippen molar-refractivity contribution in [2.24, 2.45) is 0 Å². The highest BCUT2D eigenvalue weighted by Gasteiger charge is 2.30. The minimum absolute atomic E-state index is 0.0288. The highest BCUT2D eigenvalue weighted by Crippen LogP contribution is 2.25. The number of hydrogen-bond donors (Lipinski definition) is 2. The summed E-state index contributed by atoms with van der Waals surface area (Å²) in [5.74, 6) is 0.0878. The summed E-state index contributed by atoms with van der Waals surface area (Å²) in [5.41, 5.74) is 1.34. The van der Waals surface area contributed by atoms with E-state index in [9.17, 15) is 18.0 Å². The van der Waals surface area contributed by atoms with Gasteiger partial charge in [-0.15, -0.1) is 13.2 Å². The predicted octanol–water partition coefficient (Wildman–Crippen LogP) is 3.88. The molecule has 0 aliphatic carbocycles. The largest absolute Gasteiger partial charge is 0.573 e. The Morgan fingerprint density at radius 2 is 1.77 bits per heavy atom. The van der Waals surface area contributed by atoms with Crippen LogP contribution in [0.5, 0.6) is 11.5 Å². The van der Waals surface area contributed by atoms with Crippen LogP contribution >= 0.6 is 0 Å². The molecule has 0 fully saturated rings. The van der Waals surface area contributed by atoms with Gasteiger partial charge in [-0.1, -0.05) is 18.2 Å². The maximum Gasteiger partial charge on any atom is 0.573 e. The van der Waals surface area contributed by atoms with Crippen LogP contribution in [-0.4, -0.2) is 25.9 Å². The van der Waals surface area contributed by atoms with Gasteiger partial charge >= 0.3 is 6.36 Å². The van der Waals surface area contributed by atoms with Gasteiger partial charge in [0.25, 0.3) is 0 Å². The second-order valence-corrected chi connectivity index (χ2v) is 5.46. The zero-order valence-electron chi connectivity index (χ0n) is 14.3. The molecular formula is C18H19F3N2O3. The van der Waals surface area contributed by atoms with Gasteiger partial charge in [-0.2, -0.15) is 0 Å². The predicted molar refractivity (Wildman–Crippen MR) is 91.2 cm³/mol. The number of amides is 1. The Labute approximate surface area is 149 Å². The lowest BCUT2D eigenvalue weighted by molar-refractivity contribution is -0.274. The number of rotatable bonds is 7. The summed E-state index contributed by atoms with van der Waals surface area (Å²) in [5, 5.41) is 5.67. The summed E-state index contributed by atoms with van der Waals surface area (Å²) < 4.78 is 45.4. The van der Waals surface area contributed by atoms with E-state index in [1.165, 1.54) is 24.3 Å². The van der Waals surface area contributed by atoms with Gasteiger partial charge in [-0.3, -0.25) is 4.79 Å². The van der Waals surface area contributed by atoms with Crippen molar-refractivity contribution in [3.63, 3.8) is 0 Å². The molecule has 26 heavy (non-hydrogen) atoms. The molecule has 0 saturated carbocycles. The lowest BCUT2D eigenvalue weighted by Crippen LogP contribution is -2.32. The van der Waals surface area contributed by atoms with Crippen LogP contribution in [0.25, 0.3) is 0 Å². The van der Waals surface area contributed by atoms with Gasteiger partial charge in [0.2, 0.25) is 5.91 Å². The average Bonchev–Trinajstić information content (AvgIpc) is 2.59. The summed E-state index contributed by atoms with van der Waals surface area (Å²) in [4.78, 5) is 12.1. The third-order valence-electron chi connectivity index (χ3n) is 3.52. The van der Waals surface area contributed by atoms with Crippen molar-refractivity contribution in [1.29, 1.82) is 0 Å². The first kappa shape index (κ1) is 19.4. The van der Waals surface area contributed by atoms with E-state index in [0.717, 1.165) is 5.56 Å². The fourth-order valence-corrected chi connectivity index (χ4v) is 2.35. The first-order valence-corrected chi connectivity index (χ1v) is 7.80. The molecule has 0 saturated heterocycles. The van der Waals surface area contributed by atoms with Crippen LogP contribution in [0.4, 0.5) is 18.9 Å². The van der Waals surface area contributed by atoms with Gasteiger partial charge in [0.1, 0.15) is 11.5 Å². The maximum atomic E-state index is 12.1. The highest BCUT2D eigenvalue weighted by molar-refractivity contribution is 5.81. The quantitative estimate of drug-likeness (QED) is 0.779. The smallest absolute Gasteiger partial charge is 0.496 e. The van der Waals surface area contributed by atoms with E-state index in [4.69, 9.17) is 4.74 Å². The van der Waals surface area contributed by atoms with Crippen LogP contribution < -0.4 is 20.1 Å². The third-order valence-corrected chi connectivity index (χ3v) is 3.52. The van der Waals surface area contributed by atoms with E-state index in [1.54, 1.807) is 13.2 Å². The molecule has 0 aliphatic rings. The van der Waals surface area contributed by atoms with Crippen molar-refractivity contribution in [2.45, 2.75) is 19.3 Å². The molecule has 0 bridgehead atoms. The zero-order chi connectivity index (χ0) is 19.2. The van der Waals surface area contributed by atoms with Crippen molar-refractivity contribution in [2.75, 3.05) is 19.0 Å². The van der Waals surface area contributed by atoms with Crippen LogP contribution in [0.3, 0.4) is 0 Å². The van der Waals surface area contributed by atoms with E-state index in [0.29, 0.717) is 11.4 Å². The molecule has 0 radical (unpaired) electrons. The molecule has 5 nitrogen and oxygen atoms in total. The van der Waals surface area contributed by atoms with Gasteiger partial charge in [0, 0.05) is 11.3 Å². The number of methoxy groups -OCH3 is 1. The molecule has 0 spiro atoms. The molecule has 0 heterocycles. The molecule has 2 aromatic carbocycles. The Bertz CT molecular complexity index is 733. The van der Waals surface area contributed by atoms with Gasteiger partial charge in [0.15, 0.2) is 0 Å². The van der Waals surface area contributed by atoms with Gasteiger partial charge in [-0.25, -0.2) is 0 Å². The number of carbonyl (C=O) groups is 1. The lowest BCUT2D eigenvalue weighted by Gasteiger charge is -2.17. The van der Waals surface area contributed by atoms with Crippen molar-refractivity contribution >= 4 is 11.6 Å². The minimum atomic E-state index is -4.73. The first-order chi connectivity index (χ1) is 12.3. The summed E-state index contributed by atoms with van der Waals surface area (Å²) in [6, 6.07) is 12.2. The fourth-order valence-electron chi connectivity index (χ4n) is 2.35. The number of ether oxygens (including phenoxy) is 2. The van der Waals surface area contributed by atoms with E-state index >= 15 is 0 Å². The Morgan fingerprint density at radius 1 is 1.12 bits per heavy atom. The van der Waals surface area contributed by atoms with Crippen molar-refractivity contribution < 1.29 is 27.4 Å². The third kappa shape index (κ3) is 5.87.